The summed E-state index contributed by atoms with van der Waals surface area (Å²) in [7, 11) is 5.41. The lowest BCUT2D eigenvalue weighted by Crippen LogP contribution is -2.25. The quantitative estimate of drug-likeness (QED) is 0.588. The lowest BCUT2D eigenvalue weighted by molar-refractivity contribution is 0.0327. The molecule has 0 aliphatic rings. The lowest BCUT2D eigenvalue weighted by atomic mass is 9.95. The monoisotopic (exact) mass is 240 g/mol. The van der Waals surface area contributed by atoms with E-state index in [0.29, 0.717) is 16.4 Å². The Morgan fingerprint density at radius 3 is 2.00 bits per heavy atom. The van der Waals surface area contributed by atoms with Gasteiger partial charge in [0, 0.05) is 5.03 Å². The molecule has 0 saturated carbocycles. The first-order valence-electron chi connectivity index (χ1n) is 5.25. The van der Waals surface area contributed by atoms with E-state index in [2.05, 4.69) is 6.58 Å². The summed E-state index contributed by atoms with van der Waals surface area (Å²) in [5.74, 6) is 0.354. The van der Waals surface area contributed by atoms with E-state index in [-0.39, 0.29) is 0 Å². The summed E-state index contributed by atoms with van der Waals surface area (Å²) < 4.78 is 0. The van der Waals surface area contributed by atoms with Crippen molar-refractivity contribution in [1.82, 2.24) is 0 Å². The lowest BCUT2D eigenvalue weighted by Gasteiger charge is -2.21. The van der Waals surface area contributed by atoms with Crippen molar-refractivity contribution in [2.45, 2.75) is 40.2 Å². The van der Waals surface area contributed by atoms with Crippen LogP contribution in [0.15, 0.2) is 35.3 Å². The zero-order valence-corrected chi connectivity index (χ0v) is 11.7. The molecule has 0 saturated heterocycles. The van der Waals surface area contributed by atoms with Crippen LogP contribution in [0.5, 0.6) is 0 Å². The second-order valence-electron chi connectivity index (χ2n) is 4.44. The molecule has 0 heterocycles. The van der Waals surface area contributed by atoms with E-state index in [9.17, 15) is 0 Å². The van der Waals surface area contributed by atoms with Crippen LogP contribution in [0, 0.1) is 5.92 Å². The summed E-state index contributed by atoms with van der Waals surface area (Å²) in [5.41, 5.74) is 0.123. The van der Waals surface area contributed by atoms with Crippen molar-refractivity contribution in [3.63, 3.8) is 0 Å². The molecular weight excluding hydrogens is 218 g/mol. The van der Waals surface area contributed by atoms with Gasteiger partial charge in [-0.2, -0.15) is 0 Å². The van der Waals surface area contributed by atoms with Crippen molar-refractivity contribution in [1.29, 1.82) is 0 Å². The zero-order chi connectivity index (χ0) is 13.4. The maximum Gasteiger partial charge on any atom is 0.113 e. The first-order chi connectivity index (χ1) is 7.11. The number of aliphatic hydroxyl groups is 1. The predicted molar refractivity (Wildman–Crippen MR) is 74.8 cm³/mol. The molecule has 1 N–H and O–H groups in total. The molecule has 0 aromatic carbocycles. The minimum absolute atomic E-state index is 0.354. The first-order valence-corrected chi connectivity index (χ1v) is 5.63. The van der Waals surface area contributed by atoms with Gasteiger partial charge < -0.3 is 5.11 Å². The van der Waals surface area contributed by atoms with Crippen LogP contribution in [-0.4, -0.2) is 18.6 Å². The van der Waals surface area contributed by atoms with Gasteiger partial charge in [0.05, 0.1) is 5.60 Å². The molecule has 16 heavy (non-hydrogen) atoms. The van der Waals surface area contributed by atoms with Crippen LogP contribution in [0.25, 0.3) is 0 Å². The van der Waals surface area contributed by atoms with Gasteiger partial charge in [-0.25, -0.2) is 0 Å². The van der Waals surface area contributed by atoms with E-state index >= 15 is 0 Å². The number of halogens is 1. The van der Waals surface area contributed by atoms with Crippen molar-refractivity contribution in [3.8, 4) is 0 Å². The Kier molecular flexibility index (Phi) is 9.70. The van der Waals surface area contributed by atoms with Crippen LogP contribution in [0.4, 0.5) is 0 Å². The summed E-state index contributed by atoms with van der Waals surface area (Å²) in [6.45, 7) is 12.9. The zero-order valence-electron chi connectivity index (χ0n) is 10.9. The van der Waals surface area contributed by atoms with Gasteiger partial charge in [0.1, 0.15) is 7.85 Å². The molecule has 0 aromatic rings. The maximum atomic E-state index is 9.09. The molecule has 0 fully saturated rings. The summed E-state index contributed by atoms with van der Waals surface area (Å²) in [5, 5.41) is 9.77. The standard InChI is InChI=1S/C7H8BCl.C6H14O/c1-3-4-7(8)5-6(2)9;1-5(2)6(3,4)7/h3-5H,1H2,2H3;5,7H,1-4H3/b6-5+,7-4+;. The largest absolute Gasteiger partial charge is 0.390 e. The Labute approximate surface area is 106 Å². The van der Waals surface area contributed by atoms with Gasteiger partial charge in [0.25, 0.3) is 0 Å². The Morgan fingerprint density at radius 1 is 1.44 bits per heavy atom. The van der Waals surface area contributed by atoms with Crippen molar-refractivity contribution >= 4 is 19.4 Å². The molecule has 0 rings (SSSR count). The van der Waals surface area contributed by atoms with E-state index in [1.54, 1.807) is 25.2 Å². The van der Waals surface area contributed by atoms with Gasteiger partial charge in [-0.15, -0.1) is 0 Å². The molecule has 0 atom stereocenters. The molecule has 0 unspecified atom stereocenters. The Bertz CT molecular complexity index is 256. The SMILES string of the molecule is CC(C)C(C)(C)O.[B]C(=C/C=C)/C=C(\C)Cl. The van der Waals surface area contributed by atoms with E-state index in [1.807, 2.05) is 27.7 Å². The fraction of sp³-hybridized carbons (Fsp3) is 0.538. The summed E-state index contributed by atoms with van der Waals surface area (Å²) in [6, 6.07) is 0. The summed E-state index contributed by atoms with van der Waals surface area (Å²) >= 11 is 5.51. The third kappa shape index (κ3) is 13.5. The van der Waals surface area contributed by atoms with Crippen molar-refractivity contribution < 1.29 is 5.11 Å². The average Bonchev–Trinajstić information content (AvgIpc) is 2.01. The van der Waals surface area contributed by atoms with E-state index in [0.717, 1.165) is 0 Å². The van der Waals surface area contributed by atoms with Crippen molar-refractivity contribution in [2.75, 3.05) is 0 Å². The maximum absolute atomic E-state index is 9.09. The molecule has 0 aliphatic heterocycles. The highest BCUT2D eigenvalue weighted by molar-refractivity contribution is 6.31. The highest BCUT2D eigenvalue weighted by atomic mass is 35.5. The van der Waals surface area contributed by atoms with E-state index in [4.69, 9.17) is 24.6 Å². The van der Waals surface area contributed by atoms with Gasteiger partial charge in [-0.3, -0.25) is 0 Å². The highest BCUT2D eigenvalue weighted by Gasteiger charge is 2.16. The number of hydrogen-bond acceptors (Lipinski definition) is 1. The van der Waals surface area contributed by atoms with E-state index < -0.39 is 5.60 Å². The fourth-order valence-electron chi connectivity index (χ4n) is 0.414. The normalized spacial score (nSPS) is 13.2. The third-order valence-corrected chi connectivity index (χ3v) is 2.20. The smallest absolute Gasteiger partial charge is 0.113 e. The molecule has 0 aromatic heterocycles. The van der Waals surface area contributed by atoms with Gasteiger partial charge in [-0.05, 0) is 26.7 Å². The molecule has 2 radical (unpaired) electrons. The third-order valence-electron chi connectivity index (χ3n) is 2.09. The van der Waals surface area contributed by atoms with E-state index in [1.165, 1.54) is 0 Å². The topological polar surface area (TPSA) is 20.2 Å². The number of allylic oxidation sites excluding steroid dienone is 5. The van der Waals surface area contributed by atoms with Crippen LogP contribution in [-0.2, 0) is 0 Å². The molecule has 0 spiro atoms. The second kappa shape index (κ2) is 8.66. The van der Waals surface area contributed by atoms with Crippen molar-refractivity contribution in [3.05, 3.63) is 35.3 Å². The van der Waals surface area contributed by atoms with Gasteiger partial charge in [-0.1, -0.05) is 55.7 Å². The Hall–Kier alpha value is -0.465. The van der Waals surface area contributed by atoms with Crippen molar-refractivity contribution in [2.24, 2.45) is 5.92 Å². The first kappa shape index (κ1) is 17.9. The molecule has 3 heteroatoms. The number of hydrogen-bond donors (Lipinski definition) is 1. The molecule has 0 aliphatic carbocycles. The van der Waals surface area contributed by atoms with Gasteiger partial charge in [0.15, 0.2) is 0 Å². The molecule has 1 nitrogen and oxygen atoms in total. The fourth-order valence-corrected chi connectivity index (χ4v) is 0.540. The predicted octanol–water partition coefficient (Wildman–Crippen LogP) is 3.78. The minimum Gasteiger partial charge on any atom is -0.390 e. The Morgan fingerprint density at radius 2 is 1.81 bits per heavy atom. The summed E-state index contributed by atoms with van der Waals surface area (Å²) in [6.07, 6.45) is 4.97. The average molecular weight is 241 g/mol. The Balaban J connectivity index is 0. The minimum atomic E-state index is -0.500. The van der Waals surface area contributed by atoms with Crippen LogP contribution in [0.3, 0.4) is 0 Å². The van der Waals surface area contributed by atoms with Crippen LogP contribution < -0.4 is 0 Å². The highest BCUT2D eigenvalue weighted by Crippen LogP contribution is 2.13. The molecule has 0 bridgehead atoms. The van der Waals surface area contributed by atoms with Crippen LogP contribution in [0.1, 0.15) is 34.6 Å². The number of rotatable bonds is 3. The van der Waals surface area contributed by atoms with Gasteiger partial charge in [0.2, 0.25) is 0 Å². The molecule has 0 amide bonds. The summed E-state index contributed by atoms with van der Waals surface area (Å²) in [4.78, 5) is 0. The van der Waals surface area contributed by atoms with Crippen LogP contribution >= 0.6 is 11.6 Å². The molecule has 90 valence electrons. The van der Waals surface area contributed by atoms with Gasteiger partial charge >= 0.3 is 0 Å². The van der Waals surface area contributed by atoms with Crippen LogP contribution in [0.2, 0.25) is 0 Å². The molecular formula is C13H22BClO. The second-order valence-corrected chi connectivity index (χ2v) is 5.04.